The molecule has 0 saturated carbocycles. The molecule has 0 aromatic heterocycles. The number of carbonyl (C=O) groups excluding carboxylic acids is 1. The molecule has 0 aliphatic rings. The van der Waals surface area contributed by atoms with Gasteiger partial charge in [0.25, 0.3) is 0 Å². The lowest BCUT2D eigenvalue weighted by Crippen LogP contribution is -2.50. The second-order valence-corrected chi connectivity index (χ2v) is 8.99. The van der Waals surface area contributed by atoms with Crippen LogP contribution in [0.15, 0.2) is 42.5 Å². The molecule has 0 fully saturated rings. The van der Waals surface area contributed by atoms with E-state index in [4.69, 9.17) is 11.6 Å². The van der Waals surface area contributed by atoms with E-state index in [0.717, 1.165) is 16.1 Å². The predicted octanol–water partition coefficient (Wildman–Crippen LogP) is 4.21. The van der Waals surface area contributed by atoms with Crippen LogP contribution in [0.2, 0.25) is 5.02 Å². The lowest BCUT2D eigenvalue weighted by molar-refractivity contribution is -0.122. The van der Waals surface area contributed by atoms with Crippen LogP contribution in [-0.4, -0.2) is 26.6 Å². The Morgan fingerprint density at radius 1 is 1.21 bits per heavy atom. The number of hydrogen-bond acceptors (Lipinski definition) is 3. The molecule has 0 aliphatic heterocycles. The first-order valence-corrected chi connectivity index (χ1v) is 11.1. The fraction of sp³-hybridized carbons (Fsp3) is 0.350. The summed E-state index contributed by atoms with van der Waals surface area (Å²) < 4.78 is 39.3. The van der Waals surface area contributed by atoms with Gasteiger partial charge in [-0.3, -0.25) is 9.10 Å². The highest BCUT2D eigenvalue weighted by molar-refractivity contribution is 7.92. The van der Waals surface area contributed by atoms with Crippen LogP contribution >= 0.6 is 11.6 Å². The van der Waals surface area contributed by atoms with Gasteiger partial charge in [0.15, 0.2) is 0 Å². The summed E-state index contributed by atoms with van der Waals surface area (Å²) >= 11 is 6.06. The average molecular weight is 427 g/mol. The van der Waals surface area contributed by atoms with Gasteiger partial charge in [-0.1, -0.05) is 36.7 Å². The van der Waals surface area contributed by atoms with Gasteiger partial charge in [-0.2, -0.15) is 0 Å². The summed E-state index contributed by atoms with van der Waals surface area (Å²) in [4.78, 5) is 13.0. The molecule has 8 heteroatoms. The third-order valence-corrected chi connectivity index (χ3v) is 5.87. The molecule has 0 radical (unpaired) electrons. The van der Waals surface area contributed by atoms with Crippen molar-refractivity contribution in [1.29, 1.82) is 0 Å². The van der Waals surface area contributed by atoms with Gasteiger partial charge in [0.05, 0.1) is 18.0 Å². The minimum Gasteiger partial charge on any atom is -0.348 e. The minimum atomic E-state index is -3.76. The summed E-state index contributed by atoms with van der Waals surface area (Å²) in [6, 6.07) is 9.34. The smallest absolute Gasteiger partial charge is 0.244 e. The first-order chi connectivity index (χ1) is 13.0. The molecule has 2 aromatic rings. The first kappa shape index (κ1) is 22.2. The van der Waals surface area contributed by atoms with E-state index in [9.17, 15) is 17.6 Å². The van der Waals surface area contributed by atoms with Crippen molar-refractivity contribution in [2.45, 2.75) is 39.3 Å². The van der Waals surface area contributed by atoms with E-state index in [-0.39, 0.29) is 12.2 Å². The summed E-state index contributed by atoms with van der Waals surface area (Å²) in [5.41, 5.74) is 1.77. The van der Waals surface area contributed by atoms with Gasteiger partial charge < -0.3 is 5.32 Å². The Morgan fingerprint density at radius 3 is 2.36 bits per heavy atom. The number of halogens is 2. The molecule has 1 N–H and O–H groups in total. The van der Waals surface area contributed by atoms with Crippen LogP contribution in [0.25, 0.3) is 0 Å². The van der Waals surface area contributed by atoms with Gasteiger partial charge in [-0.05, 0) is 55.7 Å². The van der Waals surface area contributed by atoms with E-state index in [2.05, 4.69) is 5.32 Å². The molecule has 0 spiro atoms. The highest BCUT2D eigenvalue weighted by Gasteiger charge is 2.33. The van der Waals surface area contributed by atoms with Gasteiger partial charge in [-0.15, -0.1) is 0 Å². The summed E-state index contributed by atoms with van der Waals surface area (Å²) in [5, 5.41) is 3.20. The Balaban J connectivity index is 2.36. The second kappa shape index (κ2) is 8.92. The predicted molar refractivity (Wildman–Crippen MR) is 111 cm³/mol. The SMILES string of the molecule is CCC(C(=O)NC(C)c1ccc(F)cc1)N(c1cc(Cl)ccc1C)S(C)(=O)=O. The number of aryl methyl sites for hydroxylation is 1. The molecule has 2 rings (SSSR count). The lowest BCUT2D eigenvalue weighted by Gasteiger charge is -2.32. The number of rotatable bonds is 7. The van der Waals surface area contributed by atoms with Crippen molar-refractivity contribution < 1.29 is 17.6 Å². The zero-order valence-electron chi connectivity index (χ0n) is 16.2. The zero-order valence-corrected chi connectivity index (χ0v) is 17.8. The molecule has 0 aliphatic carbocycles. The van der Waals surface area contributed by atoms with Crippen molar-refractivity contribution in [2.75, 3.05) is 10.6 Å². The zero-order chi connectivity index (χ0) is 21.1. The fourth-order valence-electron chi connectivity index (χ4n) is 3.00. The normalized spacial score (nSPS) is 13.6. The van der Waals surface area contributed by atoms with Crippen LogP contribution in [0.5, 0.6) is 0 Å². The maximum Gasteiger partial charge on any atom is 0.244 e. The number of carbonyl (C=O) groups is 1. The number of nitrogens with zero attached hydrogens (tertiary/aromatic N) is 1. The number of sulfonamides is 1. The van der Waals surface area contributed by atoms with Crippen molar-refractivity contribution in [3.63, 3.8) is 0 Å². The lowest BCUT2D eigenvalue weighted by atomic mass is 10.1. The van der Waals surface area contributed by atoms with E-state index >= 15 is 0 Å². The summed E-state index contributed by atoms with van der Waals surface area (Å²) in [6.45, 7) is 5.26. The average Bonchev–Trinajstić information content (AvgIpc) is 2.61. The van der Waals surface area contributed by atoms with Crippen LogP contribution in [0.4, 0.5) is 10.1 Å². The molecule has 28 heavy (non-hydrogen) atoms. The first-order valence-electron chi connectivity index (χ1n) is 8.86. The van der Waals surface area contributed by atoms with Crippen molar-refractivity contribution in [1.82, 2.24) is 5.32 Å². The molecule has 0 saturated heterocycles. The number of hydrogen-bond donors (Lipinski definition) is 1. The molecule has 152 valence electrons. The van der Waals surface area contributed by atoms with Crippen molar-refractivity contribution in [2.24, 2.45) is 0 Å². The van der Waals surface area contributed by atoms with Gasteiger partial charge in [0.1, 0.15) is 11.9 Å². The molecule has 2 aromatic carbocycles. The molecule has 1 amide bonds. The topological polar surface area (TPSA) is 66.5 Å². The van der Waals surface area contributed by atoms with Crippen molar-refractivity contribution in [3.8, 4) is 0 Å². The molecule has 5 nitrogen and oxygen atoms in total. The maximum atomic E-state index is 13.1. The van der Waals surface area contributed by atoms with Crippen molar-refractivity contribution in [3.05, 3.63) is 64.4 Å². The number of nitrogens with one attached hydrogen (secondary N) is 1. The number of benzene rings is 2. The number of amides is 1. The van der Waals surface area contributed by atoms with E-state index in [1.54, 1.807) is 45.0 Å². The van der Waals surface area contributed by atoms with E-state index in [1.807, 2.05) is 0 Å². The van der Waals surface area contributed by atoms with E-state index in [0.29, 0.717) is 16.3 Å². The summed E-state index contributed by atoms with van der Waals surface area (Å²) in [5.74, 6) is -0.808. The van der Waals surface area contributed by atoms with Gasteiger partial charge in [0, 0.05) is 5.02 Å². The maximum absolute atomic E-state index is 13.1. The third kappa shape index (κ3) is 5.23. The van der Waals surface area contributed by atoms with Crippen molar-refractivity contribution >= 4 is 33.2 Å². The second-order valence-electron chi connectivity index (χ2n) is 6.70. The monoisotopic (exact) mass is 426 g/mol. The Kier molecular flexibility index (Phi) is 7.06. The van der Waals surface area contributed by atoms with E-state index in [1.165, 1.54) is 18.2 Å². The largest absolute Gasteiger partial charge is 0.348 e. The summed E-state index contributed by atoms with van der Waals surface area (Å²) in [7, 11) is -3.76. The molecular formula is C20H24ClFN2O3S. The van der Waals surface area contributed by atoms with Gasteiger partial charge in [-0.25, -0.2) is 12.8 Å². The van der Waals surface area contributed by atoms with Gasteiger partial charge in [0.2, 0.25) is 15.9 Å². The van der Waals surface area contributed by atoms with Crippen LogP contribution in [0, 0.1) is 12.7 Å². The Hall–Kier alpha value is -2.12. The quantitative estimate of drug-likeness (QED) is 0.721. The molecule has 2 unspecified atom stereocenters. The highest BCUT2D eigenvalue weighted by atomic mass is 35.5. The fourth-order valence-corrected chi connectivity index (χ4v) is 4.43. The molecule has 0 bridgehead atoms. The van der Waals surface area contributed by atoms with Crippen LogP contribution in [0.1, 0.15) is 37.4 Å². The molecule has 0 heterocycles. The molecular weight excluding hydrogens is 403 g/mol. The Labute approximate surface area is 170 Å². The third-order valence-electron chi connectivity index (χ3n) is 4.47. The van der Waals surface area contributed by atoms with Crippen LogP contribution in [0.3, 0.4) is 0 Å². The van der Waals surface area contributed by atoms with Crippen LogP contribution in [-0.2, 0) is 14.8 Å². The minimum absolute atomic E-state index is 0.265. The number of anilines is 1. The molecule has 2 atom stereocenters. The summed E-state index contributed by atoms with van der Waals surface area (Å²) in [6.07, 6.45) is 1.33. The van der Waals surface area contributed by atoms with Gasteiger partial charge >= 0.3 is 0 Å². The Morgan fingerprint density at radius 2 is 1.82 bits per heavy atom. The van der Waals surface area contributed by atoms with E-state index < -0.39 is 28.0 Å². The highest BCUT2D eigenvalue weighted by Crippen LogP contribution is 2.29. The Bertz CT molecular complexity index is 948. The van der Waals surface area contributed by atoms with Crippen LogP contribution < -0.4 is 9.62 Å². The standard InChI is InChI=1S/C20H24ClFN2O3S/c1-5-18(20(25)23-14(3)15-7-10-17(22)11-8-15)24(28(4,26)27)19-12-16(21)9-6-13(19)2/h6-12,14,18H,5H2,1-4H3,(H,23,25).